The maximum Gasteiger partial charge on any atom is 0.188 e. The average molecular weight is 211 g/mol. The third-order valence-corrected chi connectivity index (χ3v) is 2.00. The highest BCUT2D eigenvalue weighted by molar-refractivity contribution is 5.28. The minimum absolute atomic E-state index is 0.234. The van der Waals surface area contributed by atoms with Crippen molar-refractivity contribution in [2.24, 2.45) is 0 Å². The minimum atomic E-state index is -0.525. The van der Waals surface area contributed by atoms with E-state index in [0.29, 0.717) is 6.42 Å². The molecule has 0 aliphatic rings. The zero-order valence-electron chi connectivity index (χ0n) is 9.06. The first-order valence-electron chi connectivity index (χ1n) is 4.82. The van der Waals surface area contributed by atoms with Gasteiger partial charge in [-0.25, -0.2) is 0 Å². The van der Waals surface area contributed by atoms with Crippen molar-refractivity contribution in [2.45, 2.75) is 12.6 Å². The first-order valence-corrected chi connectivity index (χ1v) is 4.82. The van der Waals surface area contributed by atoms with Gasteiger partial charge >= 0.3 is 0 Å². The fourth-order valence-corrected chi connectivity index (χ4v) is 1.21. The number of ether oxygens (including phenoxy) is 2. The van der Waals surface area contributed by atoms with Crippen LogP contribution in [0.4, 0.5) is 0 Å². The molecule has 0 aliphatic carbocycles. The Morgan fingerprint density at radius 2 is 2.27 bits per heavy atom. The van der Waals surface area contributed by atoms with Gasteiger partial charge in [-0.15, -0.1) is 0 Å². The fraction of sp³-hybridized carbons (Fsp3) is 0.455. The number of hydrogen-bond acceptors (Lipinski definition) is 4. The molecule has 0 radical (unpaired) electrons. The maximum absolute atomic E-state index is 9.40. The van der Waals surface area contributed by atoms with Gasteiger partial charge in [-0.2, -0.15) is 0 Å². The molecule has 1 rings (SSSR count). The molecule has 0 saturated heterocycles. The molecule has 15 heavy (non-hydrogen) atoms. The highest BCUT2D eigenvalue weighted by Gasteiger charge is 2.03. The number of rotatable bonds is 6. The summed E-state index contributed by atoms with van der Waals surface area (Å²) < 4.78 is 10.1. The summed E-state index contributed by atoms with van der Waals surface area (Å²) in [4.78, 5) is 0. The largest absolute Gasteiger partial charge is 0.468 e. The van der Waals surface area contributed by atoms with Gasteiger partial charge in [-0.05, 0) is 24.7 Å². The molecule has 1 unspecified atom stereocenters. The number of aliphatic hydroxyl groups excluding tert-OH is 1. The van der Waals surface area contributed by atoms with Gasteiger partial charge in [0.15, 0.2) is 6.79 Å². The number of aliphatic hydroxyl groups is 1. The second kappa shape index (κ2) is 6.40. The third-order valence-electron chi connectivity index (χ3n) is 2.00. The Kier molecular flexibility index (Phi) is 5.10. The lowest BCUT2D eigenvalue weighted by molar-refractivity contribution is 0.0510. The van der Waals surface area contributed by atoms with Gasteiger partial charge in [0, 0.05) is 13.5 Å². The minimum Gasteiger partial charge on any atom is -0.468 e. The third kappa shape index (κ3) is 4.29. The molecule has 2 N–H and O–H groups in total. The Morgan fingerprint density at radius 1 is 1.47 bits per heavy atom. The molecule has 0 fully saturated rings. The molecule has 4 heteroatoms. The first-order chi connectivity index (χ1) is 7.26. The zero-order chi connectivity index (χ0) is 11.1. The highest BCUT2D eigenvalue weighted by atomic mass is 16.7. The van der Waals surface area contributed by atoms with E-state index in [9.17, 15) is 5.11 Å². The lowest BCUT2D eigenvalue weighted by Gasteiger charge is -2.10. The van der Waals surface area contributed by atoms with Crippen LogP contribution in [0.3, 0.4) is 0 Å². The predicted octanol–water partition coefficient (Wildman–Crippen LogP) is 0.750. The summed E-state index contributed by atoms with van der Waals surface area (Å²) in [7, 11) is 3.30. The van der Waals surface area contributed by atoms with Crippen molar-refractivity contribution in [2.75, 3.05) is 21.0 Å². The second-order valence-electron chi connectivity index (χ2n) is 3.21. The highest BCUT2D eigenvalue weighted by Crippen LogP contribution is 2.14. The standard InChI is InChI=1S/C11H17NO3/c1-12-11(13)7-9-4-3-5-10(6-9)15-8-14-2/h3-6,11-13H,7-8H2,1-2H3. The number of hydrogen-bond donors (Lipinski definition) is 2. The van der Waals surface area contributed by atoms with Gasteiger partial charge in [0.05, 0.1) is 0 Å². The van der Waals surface area contributed by atoms with Crippen LogP contribution in [0.2, 0.25) is 0 Å². The van der Waals surface area contributed by atoms with Crippen molar-refractivity contribution < 1.29 is 14.6 Å². The Hall–Kier alpha value is -1.10. The summed E-state index contributed by atoms with van der Waals surface area (Å²) >= 11 is 0. The van der Waals surface area contributed by atoms with Gasteiger partial charge < -0.3 is 14.6 Å². The van der Waals surface area contributed by atoms with Crippen LogP contribution in [0.25, 0.3) is 0 Å². The lowest BCUT2D eigenvalue weighted by atomic mass is 10.1. The van der Waals surface area contributed by atoms with Crippen LogP contribution in [-0.4, -0.2) is 32.3 Å². The van der Waals surface area contributed by atoms with Crippen molar-refractivity contribution >= 4 is 0 Å². The molecule has 0 saturated carbocycles. The van der Waals surface area contributed by atoms with Crippen LogP contribution >= 0.6 is 0 Å². The van der Waals surface area contributed by atoms with E-state index in [0.717, 1.165) is 11.3 Å². The van der Waals surface area contributed by atoms with Gasteiger partial charge in [-0.1, -0.05) is 12.1 Å². The van der Waals surface area contributed by atoms with Crippen LogP contribution in [0.5, 0.6) is 5.75 Å². The molecule has 0 amide bonds. The molecule has 0 aromatic heterocycles. The molecule has 0 heterocycles. The van der Waals surface area contributed by atoms with Crippen molar-refractivity contribution in [3.05, 3.63) is 29.8 Å². The number of benzene rings is 1. The number of likely N-dealkylation sites (N-methyl/N-ethyl adjacent to an activating group) is 1. The Labute approximate surface area is 89.8 Å². The van der Waals surface area contributed by atoms with Crippen LogP contribution < -0.4 is 10.1 Å². The molecule has 0 spiro atoms. The second-order valence-corrected chi connectivity index (χ2v) is 3.21. The first kappa shape index (κ1) is 12.0. The van der Waals surface area contributed by atoms with Gasteiger partial charge in [-0.3, -0.25) is 5.32 Å². The molecule has 84 valence electrons. The maximum atomic E-state index is 9.40. The summed E-state index contributed by atoms with van der Waals surface area (Å²) in [6.07, 6.45) is 0.0309. The molecule has 0 aliphatic heterocycles. The normalized spacial score (nSPS) is 12.5. The molecule has 0 bridgehead atoms. The number of nitrogens with one attached hydrogen (secondary N) is 1. The Morgan fingerprint density at radius 3 is 2.93 bits per heavy atom. The summed E-state index contributed by atoms with van der Waals surface area (Å²) in [5.41, 5.74) is 1.02. The summed E-state index contributed by atoms with van der Waals surface area (Å²) in [5.74, 6) is 0.748. The van der Waals surface area contributed by atoms with E-state index in [-0.39, 0.29) is 6.79 Å². The van der Waals surface area contributed by atoms with Crippen molar-refractivity contribution in [1.29, 1.82) is 0 Å². The predicted molar refractivity (Wildman–Crippen MR) is 57.7 cm³/mol. The lowest BCUT2D eigenvalue weighted by Crippen LogP contribution is -2.26. The van der Waals surface area contributed by atoms with E-state index < -0.39 is 6.23 Å². The summed E-state index contributed by atoms with van der Waals surface area (Å²) in [6, 6.07) is 7.58. The fourth-order valence-electron chi connectivity index (χ4n) is 1.21. The van der Waals surface area contributed by atoms with E-state index in [1.54, 1.807) is 14.2 Å². The number of methoxy groups -OCH3 is 1. The van der Waals surface area contributed by atoms with Crippen LogP contribution in [-0.2, 0) is 11.2 Å². The topological polar surface area (TPSA) is 50.7 Å². The molecular formula is C11H17NO3. The molecule has 1 aromatic carbocycles. The van der Waals surface area contributed by atoms with E-state index >= 15 is 0 Å². The quantitative estimate of drug-likeness (QED) is 0.682. The van der Waals surface area contributed by atoms with Crippen molar-refractivity contribution in [1.82, 2.24) is 5.32 Å². The zero-order valence-corrected chi connectivity index (χ0v) is 9.06. The van der Waals surface area contributed by atoms with Crippen molar-refractivity contribution in [3.63, 3.8) is 0 Å². The van der Waals surface area contributed by atoms with E-state index in [1.807, 2.05) is 24.3 Å². The molecular weight excluding hydrogens is 194 g/mol. The van der Waals surface area contributed by atoms with Gasteiger partial charge in [0.25, 0.3) is 0 Å². The average Bonchev–Trinajstić information content (AvgIpc) is 2.26. The molecule has 1 aromatic rings. The van der Waals surface area contributed by atoms with E-state index in [2.05, 4.69) is 5.32 Å². The van der Waals surface area contributed by atoms with Crippen LogP contribution in [0.1, 0.15) is 5.56 Å². The van der Waals surface area contributed by atoms with E-state index in [1.165, 1.54) is 0 Å². The van der Waals surface area contributed by atoms with Gasteiger partial charge in [0.1, 0.15) is 12.0 Å². The smallest absolute Gasteiger partial charge is 0.188 e. The SMILES string of the molecule is CNC(O)Cc1cccc(OCOC)c1. The molecule has 1 atom stereocenters. The van der Waals surface area contributed by atoms with E-state index in [4.69, 9.17) is 9.47 Å². The van der Waals surface area contributed by atoms with Crippen LogP contribution in [0, 0.1) is 0 Å². The summed E-state index contributed by atoms with van der Waals surface area (Å²) in [6.45, 7) is 0.234. The monoisotopic (exact) mass is 211 g/mol. The van der Waals surface area contributed by atoms with Crippen LogP contribution in [0.15, 0.2) is 24.3 Å². The Balaban J connectivity index is 2.57. The summed E-state index contributed by atoms with van der Waals surface area (Å²) in [5, 5.41) is 12.2. The Bertz CT molecular complexity index is 291. The van der Waals surface area contributed by atoms with Gasteiger partial charge in [0.2, 0.25) is 0 Å². The van der Waals surface area contributed by atoms with Crippen molar-refractivity contribution in [3.8, 4) is 5.75 Å². The molecule has 4 nitrogen and oxygen atoms in total.